The van der Waals surface area contributed by atoms with Crippen LogP contribution in [0.15, 0.2) is 24.9 Å². The number of carbonyl (C=O) groups excluding carboxylic acids is 1. The van der Waals surface area contributed by atoms with Crippen molar-refractivity contribution in [1.82, 2.24) is 10.3 Å². The van der Waals surface area contributed by atoms with Crippen molar-refractivity contribution in [3.63, 3.8) is 0 Å². The van der Waals surface area contributed by atoms with Crippen LogP contribution < -0.4 is 5.32 Å². The van der Waals surface area contributed by atoms with Crippen LogP contribution in [0.4, 0.5) is 0 Å². The van der Waals surface area contributed by atoms with Gasteiger partial charge in [-0.25, -0.2) is 0 Å². The number of rotatable bonds is 3. The molecule has 0 fully saturated rings. The Kier molecular flexibility index (Phi) is 3.40. The Balaban J connectivity index is 2.89. The van der Waals surface area contributed by atoms with Crippen LogP contribution in [0.3, 0.4) is 0 Å². The smallest absolute Gasteiger partial charge is 0.251 e. The van der Waals surface area contributed by atoms with Crippen LogP contribution in [-0.2, 0) is 0 Å². The molecule has 1 N–H and O–H groups in total. The molecule has 1 rings (SSSR count). The molecule has 1 amide bonds. The Morgan fingerprint density at radius 3 is 3.00 bits per heavy atom. The molecule has 14 heavy (non-hydrogen) atoms. The highest BCUT2D eigenvalue weighted by atomic mass is 16.1. The molecule has 1 heterocycles. The number of aryl methyl sites for hydroxylation is 1. The van der Waals surface area contributed by atoms with Gasteiger partial charge in [0.1, 0.15) is 0 Å². The van der Waals surface area contributed by atoms with Crippen LogP contribution in [0.1, 0.15) is 21.6 Å². The molecule has 0 aliphatic carbocycles. The van der Waals surface area contributed by atoms with E-state index in [9.17, 15) is 4.79 Å². The van der Waals surface area contributed by atoms with E-state index in [4.69, 9.17) is 0 Å². The molecule has 0 aliphatic heterocycles. The molecular weight excluding hydrogens is 176 g/mol. The third-order valence-electron chi connectivity index (χ3n) is 2.11. The maximum absolute atomic E-state index is 11.6. The summed E-state index contributed by atoms with van der Waals surface area (Å²) in [4.78, 5) is 15.7. The van der Waals surface area contributed by atoms with Crippen LogP contribution in [0.5, 0.6) is 0 Å². The van der Waals surface area contributed by atoms with Gasteiger partial charge in [-0.2, -0.15) is 0 Å². The predicted octanol–water partition coefficient (Wildman–Crippen LogP) is 1.61. The molecule has 1 aromatic rings. The number of nitrogens with one attached hydrogen (secondary N) is 1. The molecule has 74 valence electrons. The maximum Gasteiger partial charge on any atom is 0.251 e. The summed E-state index contributed by atoms with van der Waals surface area (Å²) >= 11 is 0. The first-order valence-corrected chi connectivity index (χ1v) is 4.48. The summed E-state index contributed by atoms with van der Waals surface area (Å²) in [5.74, 6) is -0.0760. The minimum absolute atomic E-state index is 0.0760. The second kappa shape index (κ2) is 4.56. The van der Waals surface area contributed by atoms with E-state index >= 15 is 0 Å². The van der Waals surface area contributed by atoms with Gasteiger partial charge in [-0.3, -0.25) is 9.78 Å². The number of pyridine rings is 1. The standard InChI is InChI=1S/C11H14N2O/c1-4-6-13-11(14)10-5-7-12-9(3)8(10)2/h4-5,7H,1,6H2,2-3H3,(H,13,14). The van der Waals surface area contributed by atoms with E-state index in [1.165, 1.54) is 0 Å². The number of carbonyl (C=O) groups is 1. The number of aromatic nitrogens is 1. The van der Waals surface area contributed by atoms with Crippen LogP contribution >= 0.6 is 0 Å². The molecule has 0 saturated heterocycles. The van der Waals surface area contributed by atoms with Crippen molar-refractivity contribution in [3.8, 4) is 0 Å². The van der Waals surface area contributed by atoms with Gasteiger partial charge in [-0.05, 0) is 25.5 Å². The zero-order chi connectivity index (χ0) is 10.6. The van der Waals surface area contributed by atoms with Gasteiger partial charge in [0.15, 0.2) is 0 Å². The number of nitrogens with zero attached hydrogens (tertiary/aromatic N) is 1. The number of hydrogen-bond acceptors (Lipinski definition) is 2. The Morgan fingerprint density at radius 2 is 2.36 bits per heavy atom. The van der Waals surface area contributed by atoms with Crippen LogP contribution in [0, 0.1) is 13.8 Å². The molecule has 0 atom stereocenters. The van der Waals surface area contributed by atoms with E-state index in [1.54, 1.807) is 18.3 Å². The Labute approximate surface area is 83.9 Å². The third-order valence-corrected chi connectivity index (χ3v) is 2.11. The second-order valence-corrected chi connectivity index (χ2v) is 3.07. The van der Waals surface area contributed by atoms with Gasteiger partial charge in [-0.15, -0.1) is 6.58 Å². The Bertz CT molecular complexity index is 358. The van der Waals surface area contributed by atoms with Crippen molar-refractivity contribution in [2.75, 3.05) is 6.54 Å². The lowest BCUT2D eigenvalue weighted by molar-refractivity contribution is 0.0957. The normalized spacial score (nSPS) is 9.57. The topological polar surface area (TPSA) is 42.0 Å². The SMILES string of the molecule is C=CCNC(=O)c1ccnc(C)c1C. The first-order chi connectivity index (χ1) is 6.66. The van der Waals surface area contributed by atoms with Crippen molar-refractivity contribution >= 4 is 5.91 Å². The lowest BCUT2D eigenvalue weighted by atomic mass is 10.1. The van der Waals surface area contributed by atoms with Crippen molar-refractivity contribution in [2.24, 2.45) is 0 Å². The van der Waals surface area contributed by atoms with E-state index in [2.05, 4.69) is 16.9 Å². The molecule has 0 saturated carbocycles. The summed E-state index contributed by atoms with van der Waals surface area (Å²) in [6, 6.07) is 1.72. The zero-order valence-corrected chi connectivity index (χ0v) is 8.50. The molecule has 0 bridgehead atoms. The van der Waals surface area contributed by atoms with Crippen molar-refractivity contribution in [3.05, 3.63) is 41.7 Å². The monoisotopic (exact) mass is 190 g/mol. The molecule has 3 heteroatoms. The van der Waals surface area contributed by atoms with Gasteiger partial charge < -0.3 is 5.32 Å². The molecule has 0 unspecified atom stereocenters. The summed E-state index contributed by atoms with van der Waals surface area (Å²) in [5.41, 5.74) is 2.49. The summed E-state index contributed by atoms with van der Waals surface area (Å²) in [6.45, 7) is 7.81. The third kappa shape index (κ3) is 2.19. The summed E-state index contributed by atoms with van der Waals surface area (Å²) in [6.07, 6.45) is 3.30. The number of amides is 1. The fourth-order valence-corrected chi connectivity index (χ4v) is 1.15. The van der Waals surface area contributed by atoms with Gasteiger partial charge in [-0.1, -0.05) is 6.08 Å². The predicted molar refractivity (Wildman–Crippen MR) is 56.2 cm³/mol. The zero-order valence-electron chi connectivity index (χ0n) is 8.50. The van der Waals surface area contributed by atoms with Gasteiger partial charge in [0.05, 0.1) is 0 Å². The van der Waals surface area contributed by atoms with Crippen molar-refractivity contribution in [1.29, 1.82) is 0 Å². The van der Waals surface area contributed by atoms with Crippen molar-refractivity contribution in [2.45, 2.75) is 13.8 Å². The lowest BCUT2D eigenvalue weighted by Crippen LogP contribution is -2.24. The molecule has 3 nitrogen and oxygen atoms in total. The maximum atomic E-state index is 11.6. The highest BCUT2D eigenvalue weighted by Gasteiger charge is 2.08. The minimum Gasteiger partial charge on any atom is -0.349 e. The minimum atomic E-state index is -0.0760. The first kappa shape index (κ1) is 10.4. The average Bonchev–Trinajstić information content (AvgIpc) is 2.18. The van der Waals surface area contributed by atoms with Crippen LogP contribution in [-0.4, -0.2) is 17.4 Å². The van der Waals surface area contributed by atoms with Crippen LogP contribution in [0.2, 0.25) is 0 Å². The van der Waals surface area contributed by atoms with Gasteiger partial charge in [0.2, 0.25) is 0 Å². The number of hydrogen-bond donors (Lipinski definition) is 1. The van der Waals surface area contributed by atoms with E-state index in [0.29, 0.717) is 12.1 Å². The van der Waals surface area contributed by atoms with E-state index in [0.717, 1.165) is 11.3 Å². The largest absolute Gasteiger partial charge is 0.349 e. The van der Waals surface area contributed by atoms with Gasteiger partial charge in [0, 0.05) is 24.0 Å². The summed E-state index contributed by atoms with van der Waals surface area (Å²) < 4.78 is 0. The van der Waals surface area contributed by atoms with E-state index in [1.807, 2.05) is 13.8 Å². The molecule has 0 radical (unpaired) electrons. The van der Waals surface area contributed by atoms with E-state index < -0.39 is 0 Å². The Hall–Kier alpha value is -1.64. The Morgan fingerprint density at radius 1 is 1.64 bits per heavy atom. The second-order valence-electron chi connectivity index (χ2n) is 3.07. The molecule has 0 aromatic carbocycles. The fraction of sp³-hybridized carbons (Fsp3) is 0.273. The van der Waals surface area contributed by atoms with Gasteiger partial charge >= 0.3 is 0 Å². The fourth-order valence-electron chi connectivity index (χ4n) is 1.15. The molecular formula is C11H14N2O. The highest BCUT2D eigenvalue weighted by molar-refractivity contribution is 5.95. The molecule has 0 aliphatic rings. The average molecular weight is 190 g/mol. The van der Waals surface area contributed by atoms with Crippen LogP contribution in [0.25, 0.3) is 0 Å². The van der Waals surface area contributed by atoms with Crippen molar-refractivity contribution < 1.29 is 4.79 Å². The lowest BCUT2D eigenvalue weighted by Gasteiger charge is -2.06. The molecule has 0 spiro atoms. The highest BCUT2D eigenvalue weighted by Crippen LogP contribution is 2.09. The van der Waals surface area contributed by atoms with E-state index in [-0.39, 0.29) is 5.91 Å². The quantitative estimate of drug-likeness (QED) is 0.736. The summed E-state index contributed by atoms with van der Waals surface area (Å²) in [7, 11) is 0. The van der Waals surface area contributed by atoms with Gasteiger partial charge in [0.25, 0.3) is 5.91 Å². The molecule has 1 aromatic heterocycles. The first-order valence-electron chi connectivity index (χ1n) is 4.48. The summed E-state index contributed by atoms with van der Waals surface area (Å²) in [5, 5.41) is 2.73.